The van der Waals surface area contributed by atoms with Gasteiger partial charge < -0.3 is 24.5 Å². The van der Waals surface area contributed by atoms with Gasteiger partial charge in [0.15, 0.2) is 5.76 Å². The van der Waals surface area contributed by atoms with Crippen LogP contribution in [-0.2, 0) is 11.4 Å². The normalized spacial score (nSPS) is 10.2. The molecule has 144 valence electrons. The standard InChI is InChI=1S/C21H20N2O5/c1-26-17-9-5-6-15(12-17)23-20(24)13-22-21(25)19-11-10-18(28-19)14-27-16-7-3-2-4-8-16/h2-12H,13-14H2,1H3,(H,22,25)(H,23,24). The van der Waals surface area contributed by atoms with Crippen LogP contribution in [0.3, 0.4) is 0 Å². The van der Waals surface area contributed by atoms with Crippen molar-refractivity contribution in [2.75, 3.05) is 19.0 Å². The Hall–Kier alpha value is -3.74. The fourth-order valence-corrected chi connectivity index (χ4v) is 2.40. The first-order valence-corrected chi connectivity index (χ1v) is 8.63. The van der Waals surface area contributed by atoms with Crippen molar-refractivity contribution in [2.45, 2.75) is 6.61 Å². The highest BCUT2D eigenvalue weighted by atomic mass is 16.5. The summed E-state index contributed by atoms with van der Waals surface area (Å²) >= 11 is 0. The monoisotopic (exact) mass is 380 g/mol. The fourth-order valence-electron chi connectivity index (χ4n) is 2.40. The van der Waals surface area contributed by atoms with Gasteiger partial charge in [0.1, 0.15) is 23.9 Å². The van der Waals surface area contributed by atoms with Gasteiger partial charge in [0.2, 0.25) is 5.91 Å². The number of para-hydroxylation sites is 1. The van der Waals surface area contributed by atoms with Crippen LogP contribution < -0.4 is 20.1 Å². The summed E-state index contributed by atoms with van der Waals surface area (Å²) in [5.74, 6) is 1.12. The Balaban J connectivity index is 1.46. The van der Waals surface area contributed by atoms with Crippen molar-refractivity contribution in [3.05, 3.63) is 78.3 Å². The largest absolute Gasteiger partial charge is 0.497 e. The quantitative estimate of drug-likeness (QED) is 0.626. The molecule has 0 aliphatic heterocycles. The number of hydrogen-bond acceptors (Lipinski definition) is 5. The molecule has 0 aliphatic rings. The van der Waals surface area contributed by atoms with Gasteiger partial charge in [-0.15, -0.1) is 0 Å². The summed E-state index contributed by atoms with van der Waals surface area (Å²) < 4.78 is 16.1. The van der Waals surface area contributed by atoms with E-state index < -0.39 is 5.91 Å². The molecule has 7 nitrogen and oxygen atoms in total. The second-order valence-electron chi connectivity index (χ2n) is 5.83. The first kappa shape index (κ1) is 19.0. The predicted octanol–water partition coefficient (Wildman–Crippen LogP) is 3.24. The smallest absolute Gasteiger partial charge is 0.287 e. The molecule has 28 heavy (non-hydrogen) atoms. The highest BCUT2D eigenvalue weighted by molar-refractivity contribution is 5.98. The second kappa shape index (κ2) is 9.27. The molecule has 0 saturated heterocycles. The average molecular weight is 380 g/mol. The van der Waals surface area contributed by atoms with E-state index in [9.17, 15) is 9.59 Å². The minimum absolute atomic E-state index is 0.112. The van der Waals surface area contributed by atoms with Crippen LogP contribution in [0.1, 0.15) is 16.3 Å². The number of furan rings is 1. The van der Waals surface area contributed by atoms with Gasteiger partial charge in [-0.25, -0.2) is 0 Å². The summed E-state index contributed by atoms with van der Waals surface area (Å²) in [6.07, 6.45) is 0. The van der Waals surface area contributed by atoms with E-state index in [4.69, 9.17) is 13.9 Å². The zero-order valence-electron chi connectivity index (χ0n) is 15.3. The van der Waals surface area contributed by atoms with Gasteiger partial charge in [0.25, 0.3) is 5.91 Å². The van der Waals surface area contributed by atoms with Crippen molar-refractivity contribution >= 4 is 17.5 Å². The Bertz CT molecular complexity index is 937. The minimum Gasteiger partial charge on any atom is -0.497 e. The molecule has 0 aliphatic carbocycles. The van der Waals surface area contributed by atoms with Crippen molar-refractivity contribution in [1.82, 2.24) is 5.32 Å². The van der Waals surface area contributed by atoms with Crippen molar-refractivity contribution in [2.24, 2.45) is 0 Å². The Morgan fingerprint density at radius 3 is 2.54 bits per heavy atom. The maximum absolute atomic E-state index is 12.1. The van der Waals surface area contributed by atoms with Gasteiger partial charge in [-0.1, -0.05) is 24.3 Å². The summed E-state index contributed by atoms with van der Waals surface area (Å²) in [5, 5.41) is 5.20. The molecule has 0 unspecified atom stereocenters. The molecule has 2 aromatic carbocycles. The Labute approximate surface area is 162 Å². The van der Waals surface area contributed by atoms with Crippen LogP contribution in [-0.4, -0.2) is 25.5 Å². The molecule has 0 saturated carbocycles. The third kappa shape index (κ3) is 5.38. The lowest BCUT2D eigenvalue weighted by molar-refractivity contribution is -0.115. The number of benzene rings is 2. The maximum Gasteiger partial charge on any atom is 0.287 e. The SMILES string of the molecule is COc1cccc(NC(=O)CNC(=O)c2ccc(COc3ccccc3)o2)c1. The summed E-state index contributed by atoms with van der Waals surface area (Å²) in [4.78, 5) is 24.1. The molecular formula is C21H20N2O5. The number of ether oxygens (including phenoxy) is 2. The van der Waals surface area contributed by atoms with E-state index in [1.165, 1.54) is 0 Å². The van der Waals surface area contributed by atoms with Crippen LogP contribution in [0.5, 0.6) is 11.5 Å². The van der Waals surface area contributed by atoms with Gasteiger partial charge >= 0.3 is 0 Å². The highest BCUT2D eigenvalue weighted by Gasteiger charge is 2.13. The lowest BCUT2D eigenvalue weighted by Gasteiger charge is -2.07. The molecule has 3 aromatic rings. The molecule has 0 radical (unpaired) electrons. The molecule has 7 heteroatoms. The number of rotatable bonds is 8. The van der Waals surface area contributed by atoms with Crippen LogP contribution in [0.2, 0.25) is 0 Å². The van der Waals surface area contributed by atoms with Crippen LogP contribution in [0, 0.1) is 0 Å². The van der Waals surface area contributed by atoms with Gasteiger partial charge in [-0.3, -0.25) is 9.59 Å². The molecule has 0 atom stereocenters. The van der Waals surface area contributed by atoms with Crippen LogP contribution in [0.4, 0.5) is 5.69 Å². The number of anilines is 1. The lowest BCUT2D eigenvalue weighted by Crippen LogP contribution is -2.32. The Kier molecular flexibility index (Phi) is 6.30. The maximum atomic E-state index is 12.1. The van der Waals surface area contributed by atoms with E-state index in [0.29, 0.717) is 22.9 Å². The fraction of sp³-hybridized carbons (Fsp3) is 0.143. The first-order chi connectivity index (χ1) is 13.6. The van der Waals surface area contributed by atoms with Crippen LogP contribution in [0.15, 0.2) is 71.1 Å². The number of carbonyl (C=O) groups excluding carboxylic acids is 2. The van der Waals surface area contributed by atoms with Gasteiger partial charge in [-0.05, 0) is 36.4 Å². The van der Waals surface area contributed by atoms with Crippen molar-refractivity contribution < 1.29 is 23.5 Å². The van der Waals surface area contributed by atoms with Crippen molar-refractivity contribution in [1.29, 1.82) is 0 Å². The molecule has 2 amide bonds. The molecule has 1 heterocycles. The second-order valence-corrected chi connectivity index (χ2v) is 5.83. The summed E-state index contributed by atoms with van der Waals surface area (Å²) in [6, 6.07) is 19.4. The van der Waals surface area contributed by atoms with Crippen molar-refractivity contribution in [3.63, 3.8) is 0 Å². The Morgan fingerprint density at radius 1 is 0.964 bits per heavy atom. The van der Waals surface area contributed by atoms with E-state index >= 15 is 0 Å². The topological polar surface area (TPSA) is 89.8 Å². The zero-order chi connectivity index (χ0) is 19.8. The molecule has 3 rings (SSSR count). The highest BCUT2D eigenvalue weighted by Crippen LogP contribution is 2.16. The molecule has 2 N–H and O–H groups in total. The van der Waals surface area contributed by atoms with E-state index in [1.54, 1.807) is 43.5 Å². The molecule has 0 bridgehead atoms. The minimum atomic E-state index is -0.480. The number of hydrogen-bond donors (Lipinski definition) is 2. The number of nitrogens with one attached hydrogen (secondary N) is 2. The average Bonchev–Trinajstić information content (AvgIpc) is 3.20. The predicted molar refractivity (Wildman–Crippen MR) is 103 cm³/mol. The van der Waals surface area contributed by atoms with Gasteiger partial charge in [0, 0.05) is 11.8 Å². The van der Waals surface area contributed by atoms with Crippen molar-refractivity contribution in [3.8, 4) is 11.5 Å². The molecule has 0 spiro atoms. The summed E-state index contributed by atoms with van der Waals surface area (Å²) in [6.45, 7) is 0.0141. The lowest BCUT2D eigenvalue weighted by atomic mass is 10.3. The number of amides is 2. The van der Waals surface area contributed by atoms with E-state index in [1.807, 2.05) is 30.3 Å². The third-order valence-corrected chi connectivity index (χ3v) is 3.77. The van der Waals surface area contributed by atoms with E-state index in [2.05, 4.69) is 10.6 Å². The third-order valence-electron chi connectivity index (χ3n) is 3.77. The van der Waals surface area contributed by atoms with Crippen LogP contribution >= 0.6 is 0 Å². The van der Waals surface area contributed by atoms with Gasteiger partial charge in [0.05, 0.1) is 13.7 Å². The van der Waals surface area contributed by atoms with E-state index in [-0.39, 0.29) is 24.8 Å². The molecule has 0 fully saturated rings. The summed E-state index contributed by atoms with van der Waals surface area (Å²) in [5.41, 5.74) is 0.581. The summed E-state index contributed by atoms with van der Waals surface area (Å²) in [7, 11) is 1.55. The Morgan fingerprint density at radius 2 is 1.75 bits per heavy atom. The zero-order valence-corrected chi connectivity index (χ0v) is 15.3. The number of methoxy groups -OCH3 is 1. The molecular weight excluding hydrogens is 360 g/mol. The van der Waals surface area contributed by atoms with Gasteiger partial charge in [-0.2, -0.15) is 0 Å². The number of carbonyl (C=O) groups is 2. The van der Waals surface area contributed by atoms with E-state index in [0.717, 1.165) is 0 Å². The molecule has 1 aromatic heterocycles. The van der Waals surface area contributed by atoms with Crippen LogP contribution in [0.25, 0.3) is 0 Å². The first-order valence-electron chi connectivity index (χ1n) is 8.63.